The van der Waals surface area contributed by atoms with Crippen molar-refractivity contribution in [3.05, 3.63) is 71.8 Å². The monoisotopic (exact) mass is 377 g/mol. The number of amides is 1. The predicted molar refractivity (Wildman–Crippen MR) is 109 cm³/mol. The van der Waals surface area contributed by atoms with Gasteiger partial charge in [-0.15, -0.1) is 0 Å². The third-order valence-corrected chi connectivity index (χ3v) is 4.25. The lowest BCUT2D eigenvalue weighted by Crippen LogP contribution is -2.24. The summed E-state index contributed by atoms with van der Waals surface area (Å²) in [5, 5.41) is 2.85. The van der Waals surface area contributed by atoms with Gasteiger partial charge >= 0.3 is 0 Å². The number of rotatable bonds is 7. The molecule has 7 heteroatoms. The van der Waals surface area contributed by atoms with Crippen molar-refractivity contribution in [3.8, 4) is 5.75 Å². The van der Waals surface area contributed by atoms with Crippen LogP contribution >= 0.6 is 0 Å². The molecule has 0 aliphatic heterocycles. The van der Waals surface area contributed by atoms with Crippen molar-refractivity contribution in [3.63, 3.8) is 0 Å². The van der Waals surface area contributed by atoms with Crippen molar-refractivity contribution in [1.29, 1.82) is 0 Å². The summed E-state index contributed by atoms with van der Waals surface area (Å²) in [6.07, 6.45) is 4.39. The summed E-state index contributed by atoms with van der Waals surface area (Å²) in [5.74, 6) is 0.974. The smallest absolute Gasteiger partial charge is 0.274 e. The molecule has 0 aliphatic carbocycles. The van der Waals surface area contributed by atoms with E-state index in [4.69, 9.17) is 4.74 Å². The first-order valence-electron chi connectivity index (χ1n) is 8.96. The summed E-state index contributed by atoms with van der Waals surface area (Å²) in [6, 6.07) is 12.8. The van der Waals surface area contributed by atoms with E-state index in [0.717, 1.165) is 24.4 Å². The van der Waals surface area contributed by atoms with E-state index >= 15 is 0 Å². The Labute approximate surface area is 164 Å². The van der Waals surface area contributed by atoms with Gasteiger partial charge < -0.3 is 15.0 Å². The zero-order valence-electron chi connectivity index (χ0n) is 16.2. The highest BCUT2D eigenvalue weighted by Gasteiger charge is 2.13. The first-order chi connectivity index (χ1) is 13.5. The van der Waals surface area contributed by atoms with E-state index in [0.29, 0.717) is 17.3 Å². The quantitative estimate of drug-likeness (QED) is 0.681. The molecule has 0 atom stereocenters. The van der Waals surface area contributed by atoms with Crippen molar-refractivity contribution in [2.24, 2.45) is 0 Å². The minimum Gasteiger partial charge on any atom is -0.497 e. The zero-order chi connectivity index (χ0) is 19.9. The van der Waals surface area contributed by atoms with Crippen molar-refractivity contribution in [2.75, 3.05) is 30.9 Å². The van der Waals surface area contributed by atoms with E-state index < -0.39 is 0 Å². The number of nitrogens with zero attached hydrogens (tertiary/aromatic N) is 4. The van der Waals surface area contributed by atoms with Gasteiger partial charge in [0.05, 0.1) is 7.11 Å². The van der Waals surface area contributed by atoms with Crippen molar-refractivity contribution < 1.29 is 9.53 Å². The average molecular weight is 377 g/mol. The minimum atomic E-state index is -0.278. The van der Waals surface area contributed by atoms with Gasteiger partial charge in [0.2, 0.25) is 5.95 Å². The summed E-state index contributed by atoms with van der Waals surface area (Å²) in [4.78, 5) is 27.5. The molecule has 3 rings (SSSR count). The lowest BCUT2D eigenvalue weighted by Gasteiger charge is -2.18. The van der Waals surface area contributed by atoms with Gasteiger partial charge in [0.15, 0.2) is 0 Å². The van der Waals surface area contributed by atoms with Crippen molar-refractivity contribution in [2.45, 2.75) is 13.3 Å². The Balaban J connectivity index is 1.69. The summed E-state index contributed by atoms with van der Waals surface area (Å²) in [6.45, 7) is 2.58. The number of methoxy groups -OCH3 is 1. The Bertz CT molecular complexity index is 929. The van der Waals surface area contributed by atoms with Gasteiger partial charge in [-0.3, -0.25) is 9.78 Å². The molecule has 0 saturated heterocycles. The number of benzene rings is 1. The highest BCUT2D eigenvalue weighted by molar-refractivity contribution is 6.03. The highest BCUT2D eigenvalue weighted by atomic mass is 16.5. The number of aryl methyl sites for hydroxylation is 1. The number of nitrogens with one attached hydrogen (secondary N) is 1. The summed E-state index contributed by atoms with van der Waals surface area (Å²) in [5.41, 5.74) is 2.93. The van der Waals surface area contributed by atoms with Gasteiger partial charge in [-0.25, -0.2) is 9.97 Å². The molecule has 28 heavy (non-hydrogen) atoms. The SMILES string of the molecule is COc1ccc(NC(=O)c2cc(C)nc(N(C)CCc3ccncc3)n2)cc1. The molecule has 0 unspecified atom stereocenters. The van der Waals surface area contributed by atoms with Gasteiger partial charge in [0.25, 0.3) is 5.91 Å². The second kappa shape index (κ2) is 8.94. The van der Waals surface area contributed by atoms with Crippen LogP contribution in [0.2, 0.25) is 0 Å². The number of likely N-dealkylation sites (N-methyl/N-ethyl adjacent to an activating group) is 1. The van der Waals surface area contributed by atoms with Crippen LogP contribution in [0.1, 0.15) is 21.7 Å². The summed E-state index contributed by atoms with van der Waals surface area (Å²) < 4.78 is 5.13. The van der Waals surface area contributed by atoms with Crippen LogP contribution in [0.5, 0.6) is 5.75 Å². The molecule has 3 aromatic rings. The molecular formula is C21H23N5O2. The largest absolute Gasteiger partial charge is 0.497 e. The molecule has 7 nitrogen and oxygen atoms in total. The molecule has 0 saturated carbocycles. The predicted octanol–water partition coefficient (Wildman–Crippen LogP) is 3.12. The number of pyridine rings is 1. The first-order valence-corrected chi connectivity index (χ1v) is 8.96. The van der Waals surface area contributed by atoms with Crippen LogP contribution in [0.25, 0.3) is 0 Å². The van der Waals surface area contributed by atoms with Crippen LogP contribution in [0.3, 0.4) is 0 Å². The van der Waals surface area contributed by atoms with E-state index in [1.807, 2.05) is 31.0 Å². The van der Waals surface area contributed by atoms with Crippen LogP contribution in [0, 0.1) is 6.92 Å². The Hall–Kier alpha value is -3.48. The fraction of sp³-hybridized carbons (Fsp3) is 0.238. The van der Waals surface area contributed by atoms with Gasteiger partial charge in [-0.2, -0.15) is 0 Å². The lowest BCUT2D eigenvalue weighted by molar-refractivity contribution is 0.102. The summed E-state index contributed by atoms with van der Waals surface area (Å²) >= 11 is 0. The number of hydrogen-bond acceptors (Lipinski definition) is 6. The fourth-order valence-corrected chi connectivity index (χ4v) is 2.66. The Morgan fingerprint density at radius 2 is 1.82 bits per heavy atom. The van der Waals surface area contributed by atoms with Crippen molar-refractivity contribution >= 4 is 17.5 Å². The molecule has 1 aromatic carbocycles. The average Bonchev–Trinajstić information content (AvgIpc) is 2.72. The first kappa shape index (κ1) is 19.3. The number of aromatic nitrogens is 3. The van der Waals surface area contributed by atoms with Crippen LogP contribution in [-0.2, 0) is 6.42 Å². The fourth-order valence-electron chi connectivity index (χ4n) is 2.66. The third kappa shape index (κ3) is 5.03. The molecule has 0 radical (unpaired) electrons. The molecule has 0 spiro atoms. The van der Waals surface area contributed by atoms with Gasteiger partial charge in [0.1, 0.15) is 11.4 Å². The van der Waals surface area contributed by atoms with Crippen molar-refractivity contribution in [1.82, 2.24) is 15.0 Å². The maximum atomic E-state index is 12.6. The normalized spacial score (nSPS) is 10.4. The van der Waals surface area contributed by atoms with E-state index in [1.54, 1.807) is 49.8 Å². The maximum Gasteiger partial charge on any atom is 0.274 e. The van der Waals surface area contributed by atoms with E-state index in [-0.39, 0.29) is 5.91 Å². The highest BCUT2D eigenvalue weighted by Crippen LogP contribution is 2.16. The molecule has 0 fully saturated rings. The zero-order valence-corrected chi connectivity index (χ0v) is 16.2. The summed E-state index contributed by atoms with van der Waals surface area (Å²) in [7, 11) is 3.52. The molecule has 0 bridgehead atoms. The van der Waals surface area contributed by atoms with E-state index in [9.17, 15) is 4.79 Å². The number of ether oxygens (including phenoxy) is 1. The molecule has 2 heterocycles. The van der Waals surface area contributed by atoms with Crippen LogP contribution in [-0.4, -0.2) is 41.6 Å². The van der Waals surface area contributed by atoms with Crippen LogP contribution in [0.4, 0.5) is 11.6 Å². The second-order valence-corrected chi connectivity index (χ2v) is 6.40. The van der Waals surface area contributed by atoms with E-state index in [1.165, 1.54) is 5.56 Å². The van der Waals surface area contributed by atoms with Gasteiger partial charge in [-0.05, 0) is 61.4 Å². The molecule has 0 aliphatic rings. The van der Waals surface area contributed by atoms with Crippen LogP contribution < -0.4 is 15.0 Å². The maximum absolute atomic E-state index is 12.6. The van der Waals surface area contributed by atoms with Gasteiger partial charge in [-0.1, -0.05) is 0 Å². The standard InChI is InChI=1S/C21H23N5O2/c1-15-14-19(20(27)24-17-4-6-18(28-3)7-5-17)25-21(23-15)26(2)13-10-16-8-11-22-12-9-16/h4-9,11-12,14H,10,13H2,1-3H3,(H,24,27). The van der Waals surface area contributed by atoms with Gasteiger partial charge in [0, 0.05) is 37.4 Å². The molecular weight excluding hydrogens is 354 g/mol. The second-order valence-electron chi connectivity index (χ2n) is 6.40. The Morgan fingerprint density at radius 1 is 1.11 bits per heavy atom. The topological polar surface area (TPSA) is 80.2 Å². The third-order valence-electron chi connectivity index (χ3n) is 4.25. The number of carbonyl (C=O) groups excluding carboxylic acids is 1. The minimum absolute atomic E-state index is 0.278. The Morgan fingerprint density at radius 3 is 2.50 bits per heavy atom. The number of hydrogen-bond donors (Lipinski definition) is 1. The molecule has 144 valence electrons. The number of carbonyl (C=O) groups is 1. The van der Waals surface area contributed by atoms with E-state index in [2.05, 4.69) is 20.3 Å². The molecule has 1 N–H and O–H groups in total. The Kier molecular flexibility index (Phi) is 6.16. The molecule has 2 aromatic heterocycles. The number of anilines is 2. The lowest BCUT2D eigenvalue weighted by atomic mass is 10.2. The van der Waals surface area contributed by atoms with Crippen LogP contribution in [0.15, 0.2) is 54.9 Å². The molecule has 1 amide bonds.